The highest BCUT2D eigenvalue weighted by Crippen LogP contribution is 2.39. The highest BCUT2D eigenvalue weighted by Gasteiger charge is 2.53. The van der Waals surface area contributed by atoms with E-state index in [1.165, 1.54) is 5.56 Å². The molecule has 0 saturated carbocycles. The summed E-state index contributed by atoms with van der Waals surface area (Å²) in [5, 5.41) is 12.2. The number of rotatable bonds is 6. The van der Waals surface area contributed by atoms with Crippen LogP contribution in [0.4, 0.5) is 5.69 Å². The van der Waals surface area contributed by atoms with Crippen LogP contribution in [0, 0.1) is 11.8 Å². The topological polar surface area (TPSA) is 75.6 Å². The van der Waals surface area contributed by atoms with Gasteiger partial charge >= 0.3 is 5.97 Å². The van der Waals surface area contributed by atoms with Gasteiger partial charge in [0.15, 0.2) is 0 Å². The van der Waals surface area contributed by atoms with Crippen molar-refractivity contribution in [3.8, 4) is 0 Å². The molecule has 2 aliphatic heterocycles. The van der Waals surface area contributed by atoms with Crippen molar-refractivity contribution < 1.29 is 19.4 Å². The van der Waals surface area contributed by atoms with Crippen molar-refractivity contribution in [1.82, 2.24) is 0 Å². The molecule has 4 atom stereocenters. The number of ether oxygens (including phenoxy) is 1. The molecule has 3 rings (SSSR count). The maximum Gasteiger partial charge on any atom is 0.310 e. The highest BCUT2D eigenvalue weighted by atomic mass is 16.5. The minimum absolute atomic E-state index is 0.296. The van der Waals surface area contributed by atoms with E-state index in [0.29, 0.717) is 5.69 Å². The molecule has 5 heteroatoms. The molecule has 2 heterocycles. The second-order valence-electron chi connectivity index (χ2n) is 6.13. The Kier molecular flexibility index (Phi) is 4.48. The fraction of sp³-hybridized carbons (Fsp3) is 0.444. The number of fused-ring (bicyclic) bond motifs is 2. The second kappa shape index (κ2) is 6.54. The first-order valence-corrected chi connectivity index (χ1v) is 8.06. The average Bonchev–Trinajstić information content (AvgIpc) is 3.15. The number of amides is 1. The SMILES string of the molecule is CCCCc1ccc(NC(=O)[C@H]2[C@H](C(=O)O)[C@H]3C=C[C@H]2O3)cc1. The number of carbonyl (C=O) groups excluding carboxylic acids is 1. The van der Waals surface area contributed by atoms with Crippen LogP contribution in [-0.2, 0) is 20.7 Å². The van der Waals surface area contributed by atoms with Gasteiger partial charge < -0.3 is 15.2 Å². The summed E-state index contributed by atoms with van der Waals surface area (Å²) in [5.74, 6) is -2.77. The lowest BCUT2D eigenvalue weighted by Crippen LogP contribution is -2.39. The first kappa shape index (κ1) is 15.7. The fourth-order valence-electron chi connectivity index (χ4n) is 3.28. The number of hydrogen-bond acceptors (Lipinski definition) is 3. The number of unbranched alkanes of at least 4 members (excludes halogenated alkanes) is 1. The molecule has 0 aromatic heterocycles. The lowest BCUT2D eigenvalue weighted by atomic mass is 9.82. The Morgan fingerprint density at radius 3 is 2.39 bits per heavy atom. The van der Waals surface area contributed by atoms with E-state index in [-0.39, 0.29) is 5.91 Å². The number of aliphatic carboxylic acids is 1. The largest absolute Gasteiger partial charge is 0.481 e. The van der Waals surface area contributed by atoms with Crippen LogP contribution in [0.5, 0.6) is 0 Å². The summed E-state index contributed by atoms with van der Waals surface area (Å²) in [6.07, 6.45) is 5.89. The number of benzene rings is 1. The van der Waals surface area contributed by atoms with Crippen molar-refractivity contribution in [2.75, 3.05) is 5.32 Å². The smallest absolute Gasteiger partial charge is 0.310 e. The van der Waals surface area contributed by atoms with Gasteiger partial charge in [0.1, 0.15) is 5.92 Å². The van der Waals surface area contributed by atoms with E-state index in [4.69, 9.17) is 4.74 Å². The zero-order valence-electron chi connectivity index (χ0n) is 13.1. The standard InChI is InChI=1S/C18H21NO4/c1-2-3-4-11-5-7-12(8-6-11)19-17(20)15-13-9-10-14(23-13)16(15)18(21)22/h5-10,13-16H,2-4H2,1H3,(H,19,20)(H,21,22)/t13-,14-,15-,16-/m1/s1. The molecule has 1 aromatic rings. The van der Waals surface area contributed by atoms with Crippen LogP contribution in [0.3, 0.4) is 0 Å². The average molecular weight is 315 g/mol. The first-order chi connectivity index (χ1) is 11.1. The first-order valence-electron chi connectivity index (χ1n) is 8.06. The molecule has 2 N–H and O–H groups in total. The Balaban J connectivity index is 1.67. The molecule has 2 bridgehead atoms. The summed E-state index contributed by atoms with van der Waals surface area (Å²) in [7, 11) is 0. The Hall–Kier alpha value is -2.14. The molecule has 1 aromatic carbocycles. The number of hydrogen-bond donors (Lipinski definition) is 2. The molecular weight excluding hydrogens is 294 g/mol. The molecule has 1 saturated heterocycles. The van der Waals surface area contributed by atoms with Crippen molar-refractivity contribution in [2.24, 2.45) is 11.8 Å². The third kappa shape index (κ3) is 3.15. The van der Waals surface area contributed by atoms with Crippen molar-refractivity contribution in [3.63, 3.8) is 0 Å². The van der Waals surface area contributed by atoms with Crippen molar-refractivity contribution >= 4 is 17.6 Å². The monoisotopic (exact) mass is 315 g/mol. The Morgan fingerprint density at radius 2 is 1.78 bits per heavy atom. The van der Waals surface area contributed by atoms with Gasteiger partial charge in [0.05, 0.1) is 18.1 Å². The Bertz CT molecular complexity index is 622. The molecule has 122 valence electrons. The molecule has 0 spiro atoms. The van der Waals surface area contributed by atoms with Crippen LogP contribution in [0.25, 0.3) is 0 Å². The van der Waals surface area contributed by atoms with Crippen LogP contribution in [0.1, 0.15) is 25.3 Å². The van der Waals surface area contributed by atoms with Gasteiger partial charge in [-0.2, -0.15) is 0 Å². The van der Waals surface area contributed by atoms with Gasteiger partial charge in [0, 0.05) is 5.69 Å². The van der Waals surface area contributed by atoms with Crippen molar-refractivity contribution in [1.29, 1.82) is 0 Å². The van der Waals surface area contributed by atoms with Gasteiger partial charge in [0.25, 0.3) is 0 Å². The molecular formula is C18H21NO4. The molecule has 0 radical (unpaired) electrons. The highest BCUT2D eigenvalue weighted by molar-refractivity contribution is 5.96. The number of aryl methyl sites for hydroxylation is 1. The Morgan fingerprint density at radius 1 is 1.13 bits per heavy atom. The Labute approximate surface area is 135 Å². The van der Waals surface area contributed by atoms with Gasteiger partial charge in [-0.05, 0) is 30.5 Å². The zero-order valence-corrected chi connectivity index (χ0v) is 13.1. The van der Waals surface area contributed by atoms with Gasteiger partial charge in [-0.15, -0.1) is 0 Å². The summed E-state index contributed by atoms with van der Waals surface area (Å²) >= 11 is 0. The van der Waals surface area contributed by atoms with Gasteiger partial charge in [0.2, 0.25) is 5.91 Å². The summed E-state index contributed by atoms with van der Waals surface area (Å²) in [6, 6.07) is 7.72. The van der Waals surface area contributed by atoms with Crippen molar-refractivity contribution in [3.05, 3.63) is 42.0 Å². The predicted octanol–water partition coefficient (Wildman–Crippen LogP) is 2.62. The summed E-state index contributed by atoms with van der Waals surface area (Å²) in [4.78, 5) is 23.9. The summed E-state index contributed by atoms with van der Waals surface area (Å²) < 4.78 is 5.53. The summed E-state index contributed by atoms with van der Waals surface area (Å²) in [6.45, 7) is 2.15. The molecule has 2 aliphatic rings. The van der Waals surface area contributed by atoms with Crippen LogP contribution in [0.15, 0.2) is 36.4 Å². The van der Waals surface area contributed by atoms with Gasteiger partial charge in [-0.1, -0.05) is 37.6 Å². The van der Waals surface area contributed by atoms with E-state index in [9.17, 15) is 14.7 Å². The van der Waals surface area contributed by atoms with E-state index in [1.807, 2.05) is 24.3 Å². The molecule has 0 aliphatic carbocycles. The molecule has 1 fully saturated rings. The predicted molar refractivity (Wildman–Crippen MR) is 86.1 cm³/mol. The van der Waals surface area contributed by atoms with E-state index < -0.39 is 30.0 Å². The maximum absolute atomic E-state index is 12.5. The second-order valence-corrected chi connectivity index (χ2v) is 6.13. The fourth-order valence-corrected chi connectivity index (χ4v) is 3.28. The normalized spacial score (nSPS) is 28.0. The van der Waals surface area contributed by atoms with E-state index in [1.54, 1.807) is 12.2 Å². The van der Waals surface area contributed by atoms with Crippen LogP contribution in [0.2, 0.25) is 0 Å². The number of carboxylic acid groups (broad SMARTS) is 1. The van der Waals surface area contributed by atoms with Gasteiger partial charge in [-0.25, -0.2) is 0 Å². The molecule has 0 unspecified atom stereocenters. The lowest BCUT2D eigenvalue weighted by Gasteiger charge is -2.21. The number of nitrogens with one attached hydrogen (secondary N) is 1. The molecule has 23 heavy (non-hydrogen) atoms. The van der Waals surface area contributed by atoms with E-state index in [2.05, 4.69) is 12.2 Å². The molecule has 5 nitrogen and oxygen atoms in total. The van der Waals surface area contributed by atoms with Crippen LogP contribution in [-0.4, -0.2) is 29.2 Å². The summed E-state index contributed by atoms with van der Waals surface area (Å²) in [5.41, 5.74) is 1.92. The van der Waals surface area contributed by atoms with E-state index in [0.717, 1.165) is 19.3 Å². The third-order valence-corrected chi connectivity index (χ3v) is 4.53. The third-order valence-electron chi connectivity index (χ3n) is 4.53. The zero-order chi connectivity index (χ0) is 16.4. The van der Waals surface area contributed by atoms with Gasteiger partial charge in [-0.3, -0.25) is 9.59 Å². The molecule has 1 amide bonds. The van der Waals surface area contributed by atoms with Crippen LogP contribution >= 0.6 is 0 Å². The van der Waals surface area contributed by atoms with Crippen molar-refractivity contribution in [2.45, 2.75) is 38.4 Å². The lowest BCUT2D eigenvalue weighted by molar-refractivity contribution is -0.145. The number of anilines is 1. The quantitative estimate of drug-likeness (QED) is 0.791. The van der Waals surface area contributed by atoms with E-state index >= 15 is 0 Å². The minimum atomic E-state index is -0.989. The minimum Gasteiger partial charge on any atom is -0.481 e. The maximum atomic E-state index is 12.5. The van der Waals surface area contributed by atoms with Crippen LogP contribution < -0.4 is 5.32 Å². The number of carboxylic acids is 1. The number of carbonyl (C=O) groups is 2.